The second kappa shape index (κ2) is 5.01. The molecule has 0 aromatic rings. The van der Waals surface area contributed by atoms with E-state index in [1.54, 1.807) is 0 Å². The minimum Gasteiger partial charge on any atom is -0.395 e. The lowest BCUT2D eigenvalue weighted by Gasteiger charge is -2.18. The zero-order valence-electron chi connectivity index (χ0n) is 7.05. The molecule has 11 heavy (non-hydrogen) atoms. The van der Waals surface area contributed by atoms with E-state index in [-0.39, 0.29) is 6.61 Å². The summed E-state index contributed by atoms with van der Waals surface area (Å²) in [5.74, 6) is 2.50. The molecular formula is C8H17NOS. The molecule has 1 rings (SSSR count). The maximum absolute atomic E-state index is 8.92. The summed E-state index contributed by atoms with van der Waals surface area (Å²) in [5.41, 5.74) is 0. The fourth-order valence-electron chi connectivity index (χ4n) is 1.30. The maximum Gasteiger partial charge on any atom is 0.0584 e. The van der Waals surface area contributed by atoms with Crippen LogP contribution in [0.25, 0.3) is 0 Å². The zero-order valence-corrected chi connectivity index (χ0v) is 7.86. The summed E-state index contributed by atoms with van der Waals surface area (Å²) in [5, 5.41) is 12.4. The molecule has 0 radical (unpaired) electrons. The van der Waals surface area contributed by atoms with Crippen LogP contribution in [0.5, 0.6) is 0 Å². The molecule has 0 aromatic carbocycles. The molecule has 0 bridgehead atoms. The molecule has 1 aliphatic heterocycles. The summed E-state index contributed by atoms with van der Waals surface area (Å²) in [6.45, 7) is 2.38. The van der Waals surface area contributed by atoms with Gasteiger partial charge in [-0.25, -0.2) is 0 Å². The Morgan fingerprint density at radius 3 is 3.00 bits per heavy atom. The molecule has 0 aromatic heterocycles. The van der Waals surface area contributed by atoms with Crippen molar-refractivity contribution in [2.75, 3.05) is 18.1 Å². The van der Waals surface area contributed by atoms with E-state index in [0.29, 0.717) is 12.1 Å². The van der Waals surface area contributed by atoms with Gasteiger partial charge in [-0.3, -0.25) is 0 Å². The van der Waals surface area contributed by atoms with E-state index in [1.807, 2.05) is 11.8 Å². The third-order valence-electron chi connectivity index (χ3n) is 2.11. The number of aliphatic hydroxyl groups is 1. The van der Waals surface area contributed by atoms with Crippen LogP contribution in [0.2, 0.25) is 0 Å². The van der Waals surface area contributed by atoms with Crippen LogP contribution in [0, 0.1) is 0 Å². The first-order valence-corrected chi connectivity index (χ1v) is 5.47. The molecule has 0 spiro atoms. The largest absolute Gasteiger partial charge is 0.395 e. The van der Waals surface area contributed by atoms with E-state index in [9.17, 15) is 0 Å². The molecule has 2 atom stereocenters. The Balaban J connectivity index is 2.16. The Bertz CT molecular complexity index is 100. The van der Waals surface area contributed by atoms with Crippen molar-refractivity contribution in [1.29, 1.82) is 0 Å². The van der Waals surface area contributed by atoms with Crippen molar-refractivity contribution in [2.24, 2.45) is 0 Å². The first-order chi connectivity index (χ1) is 5.36. The van der Waals surface area contributed by atoms with Crippen LogP contribution in [-0.2, 0) is 0 Å². The molecule has 2 N–H and O–H groups in total. The minimum atomic E-state index is 0.275. The van der Waals surface area contributed by atoms with E-state index in [2.05, 4.69) is 12.2 Å². The number of thioether (sulfide) groups is 1. The summed E-state index contributed by atoms with van der Waals surface area (Å²) < 4.78 is 0. The van der Waals surface area contributed by atoms with Gasteiger partial charge in [0.1, 0.15) is 0 Å². The van der Waals surface area contributed by atoms with E-state index < -0.39 is 0 Å². The average molecular weight is 175 g/mol. The van der Waals surface area contributed by atoms with Gasteiger partial charge in [0.2, 0.25) is 0 Å². The van der Waals surface area contributed by atoms with E-state index in [4.69, 9.17) is 5.11 Å². The molecule has 2 nitrogen and oxygen atoms in total. The lowest BCUT2D eigenvalue weighted by Crippen LogP contribution is -2.40. The predicted molar refractivity (Wildman–Crippen MR) is 50.0 cm³/mol. The smallest absolute Gasteiger partial charge is 0.0584 e. The van der Waals surface area contributed by atoms with Crippen molar-refractivity contribution < 1.29 is 5.11 Å². The standard InChI is InChI=1S/C8H17NOS/c1-2-7(5-10)9-8-3-4-11-6-8/h7-10H,2-6H2,1H3. The Labute approximate surface area is 72.8 Å². The lowest BCUT2D eigenvalue weighted by atomic mass is 10.2. The molecule has 0 amide bonds. The van der Waals surface area contributed by atoms with E-state index >= 15 is 0 Å². The highest BCUT2D eigenvalue weighted by Gasteiger charge is 2.17. The number of aliphatic hydroxyl groups excluding tert-OH is 1. The Kier molecular flexibility index (Phi) is 4.26. The van der Waals surface area contributed by atoms with Crippen molar-refractivity contribution in [2.45, 2.75) is 31.8 Å². The van der Waals surface area contributed by atoms with Crippen molar-refractivity contribution in [3.63, 3.8) is 0 Å². The van der Waals surface area contributed by atoms with E-state index in [0.717, 1.165) is 6.42 Å². The molecule has 1 aliphatic rings. The summed E-state index contributed by atoms with van der Waals surface area (Å²) >= 11 is 2.00. The fraction of sp³-hybridized carbons (Fsp3) is 1.00. The Hall–Kier alpha value is 0.270. The van der Waals surface area contributed by atoms with Crippen LogP contribution in [0.15, 0.2) is 0 Å². The van der Waals surface area contributed by atoms with Crippen LogP contribution >= 0.6 is 11.8 Å². The Morgan fingerprint density at radius 1 is 1.73 bits per heavy atom. The van der Waals surface area contributed by atoms with Crippen molar-refractivity contribution in [1.82, 2.24) is 5.32 Å². The maximum atomic E-state index is 8.92. The molecule has 2 unspecified atom stereocenters. The second-order valence-corrected chi connectivity index (χ2v) is 4.16. The fourth-order valence-corrected chi connectivity index (χ4v) is 2.46. The van der Waals surface area contributed by atoms with Crippen molar-refractivity contribution in [3.05, 3.63) is 0 Å². The second-order valence-electron chi connectivity index (χ2n) is 3.01. The number of hydrogen-bond donors (Lipinski definition) is 2. The van der Waals surface area contributed by atoms with Crippen LogP contribution in [-0.4, -0.2) is 35.3 Å². The van der Waals surface area contributed by atoms with Gasteiger partial charge < -0.3 is 10.4 Å². The monoisotopic (exact) mass is 175 g/mol. The topological polar surface area (TPSA) is 32.3 Å². The first kappa shape index (κ1) is 9.36. The molecule has 0 aliphatic carbocycles. The molecule has 1 fully saturated rings. The highest BCUT2D eigenvalue weighted by molar-refractivity contribution is 7.99. The zero-order chi connectivity index (χ0) is 8.10. The summed E-state index contributed by atoms with van der Waals surface area (Å²) in [7, 11) is 0. The molecule has 1 heterocycles. The summed E-state index contributed by atoms with van der Waals surface area (Å²) in [6, 6.07) is 0.968. The van der Waals surface area contributed by atoms with Gasteiger partial charge in [0.25, 0.3) is 0 Å². The van der Waals surface area contributed by atoms with Crippen LogP contribution in [0.3, 0.4) is 0 Å². The van der Waals surface area contributed by atoms with Gasteiger partial charge in [0.05, 0.1) is 6.61 Å². The number of hydrogen-bond acceptors (Lipinski definition) is 3. The van der Waals surface area contributed by atoms with Gasteiger partial charge in [-0.1, -0.05) is 6.92 Å². The van der Waals surface area contributed by atoms with Gasteiger partial charge in [0.15, 0.2) is 0 Å². The highest BCUT2D eigenvalue weighted by atomic mass is 32.2. The van der Waals surface area contributed by atoms with Gasteiger partial charge in [-0.15, -0.1) is 0 Å². The molecule has 0 saturated carbocycles. The molecular weight excluding hydrogens is 158 g/mol. The third kappa shape index (κ3) is 3.01. The molecule has 1 saturated heterocycles. The SMILES string of the molecule is CCC(CO)NC1CCSC1. The number of nitrogens with one attached hydrogen (secondary N) is 1. The van der Waals surface area contributed by atoms with Crippen LogP contribution in [0.4, 0.5) is 0 Å². The van der Waals surface area contributed by atoms with Crippen LogP contribution < -0.4 is 5.32 Å². The first-order valence-electron chi connectivity index (χ1n) is 4.31. The van der Waals surface area contributed by atoms with Crippen molar-refractivity contribution >= 4 is 11.8 Å². The van der Waals surface area contributed by atoms with E-state index in [1.165, 1.54) is 17.9 Å². The third-order valence-corrected chi connectivity index (χ3v) is 3.28. The van der Waals surface area contributed by atoms with Gasteiger partial charge in [-0.05, 0) is 18.6 Å². The quantitative estimate of drug-likeness (QED) is 0.664. The van der Waals surface area contributed by atoms with Crippen molar-refractivity contribution in [3.8, 4) is 0 Å². The highest BCUT2D eigenvalue weighted by Crippen LogP contribution is 2.17. The van der Waals surface area contributed by atoms with Gasteiger partial charge in [-0.2, -0.15) is 11.8 Å². The molecule has 66 valence electrons. The van der Waals surface area contributed by atoms with Crippen LogP contribution in [0.1, 0.15) is 19.8 Å². The van der Waals surface area contributed by atoms with Gasteiger partial charge in [0, 0.05) is 17.8 Å². The minimum absolute atomic E-state index is 0.275. The number of rotatable bonds is 4. The molecule has 3 heteroatoms. The summed E-state index contributed by atoms with van der Waals surface area (Å²) in [4.78, 5) is 0. The lowest BCUT2D eigenvalue weighted by molar-refractivity contribution is 0.230. The summed E-state index contributed by atoms with van der Waals surface area (Å²) in [6.07, 6.45) is 2.29. The Morgan fingerprint density at radius 2 is 2.55 bits per heavy atom. The normalized spacial score (nSPS) is 27.3. The average Bonchev–Trinajstić information content (AvgIpc) is 2.52. The van der Waals surface area contributed by atoms with Gasteiger partial charge >= 0.3 is 0 Å². The predicted octanol–water partition coefficient (Wildman–Crippen LogP) is 0.852.